The summed E-state index contributed by atoms with van der Waals surface area (Å²) in [6, 6.07) is 13.3. The van der Waals surface area contributed by atoms with Gasteiger partial charge in [-0.3, -0.25) is 14.4 Å². The van der Waals surface area contributed by atoms with Crippen molar-refractivity contribution in [3.63, 3.8) is 0 Å². The molecule has 4 aliphatic carbocycles. The Kier molecular flexibility index (Phi) is 4.84. The average Bonchev–Trinajstić information content (AvgIpc) is 2.73. The first kappa shape index (κ1) is 20.5. The van der Waals surface area contributed by atoms with E-state index in [1.807, 2.05) is 12.1 Å². The number of rotatable bonds is 6. The van der Waals surface area contributed by atoms with E-state index in [1.54, 1.807) is 6.92 Å². The van der Waals surface area contributed by atoms with Crippen LogP contribution in [0.25, 0.3) is 0 Å². The van der Waals surface area contributed by atoms with Crippen LogP contribution < -0.4 is 4.31 Å². The normalized spacial score (nSPS) is 29.1. The SMILES string of the molecule is CCN(c1ccc(C23CC4CC(CC(C4)C2)C3)cc1)S(=O)(=O)c1cccc([N+](=O)[O-])c1. The largest absolute Gasteiger partial charge is 0.270 e. The van der Waals surface area contributed by atoms with Crippen LogP contribution in [-0.2, 0) is 15.4 Å². The van der Waals surface area contributed by atoms with Crippen LogP contribution in [0.4, 0.5) is 11.4 Å². The fraction of sp³-hybridized carbons (Fsp3) is 0.500. The number of nitro benzene ring substituents is 1. The molecule has 2 aromatic carbocycles. The fourth-order valence-corrected chi connectivity index (χ4v) is 8.34. The van der Waals surface area contributed by atoms with Crippen molar-refractivity contribution in [3.05, 3.63) is 64.2 Å². The smallest absolute Gasteiger partial charge is 0.267 e. The molecule has 0 atom stereocenters. The Morgan fingerprint density at radius 1 is 1.00 bits per heavy atom. The molecule has 0 saturated heterocycles. The third kappa shape index (κ3) is 3.43. The Morgan fingerprint density at radius 3 is 2.10 bits per heavy atom. The van der Waals surface area contributed by atoms with Crippen molar-refractivity contribution in [3.8, 4) is 0 Å². The number of hydrogen-bond acceptors (Lipinski definition) is 4. The highest BCUT2D eigenvalue weighted by Crippen LogP contribution is 2.60. The second kappa shape index (κ2) is 7.33. The van der Waals surface area contributed by atoms with Gasteiger partial charge in [-0.05, 0) is 92.4 Å². The van der Waals surface area contributed by atoms with E-state index in [2.05, 4.69) is 12.1 Å². The lowest BCUT2D eigenvalue weighted by Gasteiger charge is -2.57. The molecular weight excluding hydrogens is 412 g/mol. The predicted octanol–water partition coefficient (Wildman–Crippen LogP) is 5.28. The summed E-state index contributed by atoms with van der Waals surface area (Å²) in [7, 11) is -3.89. The Labute approximate surface area is 183 Å². The number of nitrogens with zero attached hydrogens (tertiary/aromatic N) is 2. The molecule has 31 heavy (non-hydrogen) atoms. The van der Waals surface area contributed by atoms with Gasteiger partial charge in [-0.1, -0.05) is 18.2 Å². The second-order valence-corrected chi connectivity index (χ2v) is 11.5. The van der Waals surface area contributed by atoms with Crippen LogP contribution in [0.1, 0.15) is 51.0 Å². The maximum Gasteiger partial charge on any atom is 0.270 e. The summed E-state index contributed by atoms with van der Waals surface area (Å²) in [4.78, 5) is 10.5. The highest BCUT2D eigenvalue weighted by molar-refractivity contribution is 7.92. The summed E-state index contributed by atoms with van der Waals surface area (Å²) >= 11 is 0. The first-order valence-electron chi connectivity index (χ1n) is 11.2. The van der Waals surface area contributed by atoms with E-state index in [1.165, 1.54) is 66.6 Å². The van der Waals surface area contributed by atoms with Gasteiger partial charge in [0.25, 0.3) is 15.7 Å². The molecule has 0 amide bonds. The van der Waals surface area contributed by atoms with Crippen LogP contribution in [0, 0.1) is 27.9 Å². The van der Waals surface area contributed by atoms with Crippen molar-refractivity contribution >= 4 is 21.4 Å². The van der Waals surface area contributed by atoms with Gasteiger partial charge in [0, 0.05) is 18.7 Å². The van der Waals surface area contributed by atoms with Gasteiger partial charge in [-0.25, -0.2) is 8.42 Å². The van der Waals surface area contributed by atoms with Crippen LogP contribution >= 0.6 is 0 Å². The van der Waals surface area contributed by atoms with Crippen LogP contribution in [0.3, 0.4) is 0 Å². The molecule has 7 heteroatoms. The lowest BCUT2D eigenvalue weighted by atomic mass is 9.48. The zero-order valence-electron chi connectivity index (χ0n) is 17.7. The van der Waals surface area contributed by atoms with E-state index < -0.39 is 14.9 Å². The van der Waals surface area contributed by atoms with Crippen LogP contribution in [0.2, 0.25) is 0 Å². The van der Waals surface area contributed by atoms with Crippen molar-refractivity contribution in [2.75, 3.05) is 10.8 Å². The third-order valence-electron chi connectivity index (χ3n) is 7.71. The van der Waals surface area contributed by atoms with Crippen molar-refractivity contribution < 1.29 is 13.3 Å². The maximum absolute atomic E-state index is 13.2. The van der Waals surface area contributed by atoms with E-state index in [0.29, 0.717) is 5.69 Å². The number of sulfonamides is 1. The van der Waals surface area contributed by atoms with Crippen molar-refractivity contribution in [2.24, 2.45) is 17.8 Å². The lowest BCUT2D eigenvalue weighted by Crippen LogP contribution is -2.48. The molecule has 4 fully saturated rings. The van der Waals surface area contributed by atoms with E-state index in [-0.39, 0.29) is 22.5 Å². The number of anilines is 1. The maximum atomic E-state index is 13.2. The van der Waals surface area contributed by atoms with E-state index >= 15 is 0 Å². The van der Waals surface area contributed by atoms with E-state index in [4.69, 9.17) is 0 Å². The van der Waals surface area contributed by atoms with Crippen LogP contribution in [0.15, 0.2) is 53.4 Å². The summed E-state index contributed by atoms with van der Waals surface area (Å²) in [5.41, 5.74) is 1.99. The van der Waals surface area contributed by atoms with Gasteiger partial charge < -0.3 is 0 Å². The van der Waals surface area contributed by atoms with Gasteiger partial charge in [-0.2, -0.15) is 0 Å². The Bertz CT molecular complexity index is 1080. The molecule has 4 bridgehead atoms. The zero-order chi connectivity index (χ0) is 21.8. The molecular formula is C24H28N2O4S. The summed E-state index contributed by atoms with van der Waals surface area (Å²) < 4.78 is 27.8. The lowest BCUT2D eigenvalue weighted by molar-refractivity contribution is -0.385. The molecule has 0 spiro atoms. The minimum absolute atomic E-state index is 0.0614. The molecule has 2 aromatic rings. The second-order valence-electron chi connectivity index (χ2n) is 9.67. The molecule has 0 unspecified atom stereocenters. The number of benzene rings is 2. The first-order valence-corrected chi connectivity index (χ1v) is 12.6. The van der Waals surface area contributed by atoms with Crippen molar-refractivity contribution in [1.82, 2.24) is 0 Å². The number of hydrogen-bond donors (Lipinski definition) is 0. The van der Waals surface area contributed by atoms with Crippen molar-refractivity contribution in [2.45, 2.75) is 55.8 Å². The first-order chi connectivity index (χ1) is 14.8. The van der Waals surface area contributed by atoms with Gasteiger partial charge in [-0.15, -0.1) is 0 Å². The van der Waals surface area contributed by atoms with E-state index in [0.717, 1.165) is 23.8 Å². The topological polar surface area (TPSA) is 80.5 Å². The summed E-state index contributed by atoms with van der Waals surface area (Å²) in [6.07, 6.45) is 7.97. The Balaban J connectivity index is 1.44. The van der Waals surface area contributed by atoms with Gasteiger partial charge in [0.2, 0.25) is 0 Å². The minimum Gasteiger partial charge on any atom is -0.267 e. The Hall–Kier alpha value is -2.41. The third-order valence-corrected chi connectivity index (χ3v) is 9.61. The Morgan fingerprint density at radius 2 is 1.58 bits per heavy atom. The molecule has 0 N–H and O–H groups in total. The predicted molar refractivity (Wildman–Crippen MR) is 120 cm³/mol. The minimum atomic E-state index is -3.89. The summed E-state index contributed by atoms with van der Waals surface area (Å²) in [5, 5.41) is 11.1. The average molecular weight is 441 g/mol. The standard InChI is InChI=1S/C24H28N2O4S/c1-2-25(31(29,30)23-5-3-4-22(13-23)26(27)28)21-8-6-20(7-9-21)24-14-17-10-18(15-24)12-19(11-17)16-24/h3-9,13,17-19H,2,10-12,14-16H2,1H3. The van der Waals surface area contributed by atoms with Gasteiger partial charge in [0.05, 0.1) is 15.5 Å². The molecule has 0 aliphatic heterocycles. The molecule has 0 radical (unpaired) electrons. The number of nitro groups is 1. The quantitative estimate of drug-likeness (QED) is 0.452. The van der Waals surface area contributed by atoms with E-state index in [9.17, 15) is 18.5 Å². The fourth-order valence-electron chi connectivity index (χ4n) is 6.82. The van der Waals surface area contributed by atoms with Crippen LogP contribution in [-0.4, -0.2) is 19.9 Å². The van der Waals surface area contributed by atoms with Gasteiger partial charge >= 0.3 is 0 Å². The highest BCUT2D eigenvalue weighted by Gasteiger charge is 2.51. The molecule has 6 rings (SSSR count). The molecule has 0 heterocycles. The molecule has 4 saturated carbocycles. The monoisotopic (exact) mass is 440 g/mol. The molecule has 164 valence electrons. The summed E-state index contributed by atoms with van der Waals surface area (Å²) in [5.74, 6) is 2.56. The molecule has 4 aliphatic rings. The van der Waals surface area contributed by atoms with Gasteiger partial charge in [0.1, 0.15) is 0 Å². The van der Waals surface area contributed by atoms with Crippen LogP contribution in [0.5, 0.6) is 0 Å². The molecule has 0 aromatic heterocycles. The number of non-ortho nitro benzene ring substituents is 1. The zero-order valence-corrected chi connectivity index (χ0v) is 18.6. The highest BCUT2D eigenvalue weighted by atomic mass is 32.2. The molecule has 6 nitrogen and oxygen atoms in total. The summed E-state index contributed by atoms with van der Waals surface area (Å²) in [6.45, 7) is 2.03. The van der Waals surface area contributed by atoms with Crippen molar-refractivity contribution in [1.29, 1.82) is 0 Å². The van der Waals surface area contributed by atoms with Gasteiger partial charge in [0.15, 0.2) is 0 Å².